The molecular formula is C23H30FN3O3S. The van der Waals surface area contributed by atoms with Crippen LogP contribution in [0.5, 0.6) is 0 Å². The van der Waals surface area contributed by atoms with E-state index in [2.05, 4.69) is 16.3 Å². The van der Waals surface area contributed by atoms with Crippen LogP contribution in [-0.4, -0.2) is 44.6 Å². The van der Waals surface area contributed by atoms with E-state index in [-0.39, 0.29) is 5.69 Å². The third-order valence-corrected chi connectivity index (χ3v) is 6.83. The highest BCUT2D eigenvalue weighted by Gasteiger charge is 2.29. The maximum atomic E-state index is 13.3. The van der Waals surface area contributed by atoms with Crippen LogP contribution in [0.4, 0.5) is 10.1 Å². The molecule has 168 valence electrons. The molecule has 1 fully saturated rings. The van der Waals surface area contributed by atoms with Crippen molar-refractivity contribution in [2.75, 3.05) is 23.7 Å². The molecule has 2 aromatic carbocycles. The zero-order chi connectivity index (χ0) is 22.4. The van der Waals surface area contributed by atoms with Crippen molar-refractivity contribution in [3.05, 3.63) is 65.5 Å². The van der Waals surface area contributed by atoms with Crippen molar-refractivity contribution in [1.29, 1.82) is 0 Å². The van der Waals surface area contributed by atoms with Crippen molar-refractivity contribution in [2.45, 2.75) is 45.3 Å². The van der Waals surface area contributed by atoms with Gasteiger partial charge in [0.05, 0.1) is 11.9 Å². The smallest absolute Gasteiger partial charge is 0.243 e. The molecule has 0 saturated carbocycles. The number of carbonyl (C=O) groups is 1. The van der Waals surface area contributed by atoms with E-state index in [0.717, 1.165) is 41.3 Å². The van der Waals surface area contributed by atoms with E-state index >= 15 is 0 Å². The van der Waals surface area contributed by atoms with Crippen molar-refractivity contribution in [2.24, 2.45) is 0 Å². The van der Waals surface area contributed by atoms with Crippen LogP contribution in [0.25, 0.3) is 0 Å². The van der Waals surface area contributed by atoms with Crippen LogP contribution in [-0.2, 0) is 27.9 Å². The monoisotopic (exact) mass is 447 g/mol. The first kappa shape index (κ1) is 23.2. The Morgan fingerprint density at radius 1 is 1.06 bits per heavy atom. The number of piperidine rings is 1. The fourth-order valence-corrected chi connectivity index (χ4v) is 5.14. The average molecular weight is 448 g/mol. The molecule has 1 heterocycles. The van der Waals surface area contributed by atoms with Gasteiger partial charge >= 0.3 is 0 Å². The van der Waals surface area contributed by atoms with E-state index in [1.807, 2.05) is 18.2 Å². The lowest BCUT2D eigenvalue weighted by molar-refractivity contribution is -0.122. The largest absolute Gasteiger partial charge is 0.350 e. The number of likely N-dealkylation sites (tertiary alicyclic amines) is 1. The molecule has 1 N–H and O–H groups in total. The Morgan fingerprint density at radius 3 is 2.29 bits per heavy atom. The van der Waals surface area contributed by atoms with Gasteiger partial charge < -0.3 is 5.32 Å². The number of hydrogen-bond acceptors (Lipinski definition) is 4. The third kappa shape index (κ3) is 6.27. The molecule has 0 bridgehead atoms. The summed E-state index contributed by atoms with van der Waals surface area (Å²) in [6.07, 6.45) is 4.73. The van der Waals surface area contributed by atoms with E-state index < -0.39 is 27.8 Å². The fourth-order valence-electron chi connectivity index (χ4n) is 3.97. The van der Waals surface area contributed by atoms with Gasteiger partial charge in [-0.1, -0.05) is 30.7 Å². The van der Waals surface area contributed by atoms with Gasteiger partial charge in [0, 0.05) is 13.1 Å². The van der Waals surface area contributed by atoms with E-state index in [4.69, 9.17) is 0 Å². The summed E-state index contributed by atoms with van der Waals surface area (Å²) >= 11 is 0. The summed E-state index contributed by atoms with van der Waals surface area (Å²) in [5.74, 6) is -0.887. The van der Waals surface area contributed by atoms with E-state index in [0.29, 0.717) is 6.54 Å². The van der Waals surface area contributed by atoms with Gasteiger partial charge in [-0.3, -0.25) is 14.0 Å². The molecular weight excluding hydrogens is 417 g/mol. The number of benzene rings is 2. The molecule has 1 aliphatic heterocycles. The Morgan fingerprint density at radius 2 is 1.68 bits per heavy atom. The number of sulfonamides is 1. The van der Waals surface area contributed by atoms with Gasteiger partial charge in [-0.25, -0.2) is 12.8 Å². The quantitative estimate of drug-likeness (QED) is 0.674. The van der Waals surface area contributed by atoms with Crippen LogP contribution in [0.3, 0.4) is 0 Å². The third-order valence-electron chi connectivity index (χ3n) is 5.58. The van der Waals surface area contributed by atoms with Crippen molar-refractivity contribution in [3.63, 3.8) is 0 Å². The summed E-state index contributed by atoms with van der Waals surface area (Å²) in [4.78, 5) is 15.3. The molecule has 0 spiro atoms. The highest BCUT2D eigenvalue weighted by molar-refractivity contribution is 7.92. The predicted molar refractivity (Wildman–Crippen MR) is 121 cm³/mol. The molecule has 2 aromatic rings. The maximum Gasteiger partial charge on any atom is 0.243 e. The second-order valence-corrected chi connectivity index (χ2v) is 9.89. The zero-order valence-electron chi connectivity index (χ0n) is 18.1. The Labute approximate surface area is 184 Å². The van der Waals surface area contributed by atoms with Gasteiger partial charge in [-0.05, 0) is 68.2 Å². The Hall–Kier alpha value is -2.45. The van der Waals surface area contributed by atoms with Crippen LogP contribution in [0.15, 0.2) is 48.5 Å². The van der Waals surface area contributed by atoms with Crippen LogP contribution >= 0.6 is 0 Å². The molecule has 8 heteroatoms. The predicted octanol–water partition coefficient (Wildman–Crippen LogP) is 3.28. The first-order valence-corrected chi connectivity index (χ1v) is 12.4. The molecule has 6 nitrogen and oxygen atoms in total. The van der Waals surface area contributed by atoms with Gasteiger partial charge in [0.2, 0.25) is 15.9 Å². The van der Waals surface area contributed by atoms with E-state index in [1.165, 1.54) is 50.5 Å². The molecule has 0 radical (unpaired) electrons. The number of amides is 1. The SMILES string of the molecule is C[C@@H](C(=O)NCc1ccccc1CN1CCCCC1)N(c1ccc(F)cc1)S(C)(=O)=O. The standard InChI is InChI=1S/C23H30FN3O3S/c1-18(27(31(2,29)30)22-12-10-21(24)11-13-22)23(28)25-16-19-8-4-5-9-20(19)17-26-14-6-3-7-15-26/h4-5,8-13,18H,3,6-7,14-17H2,1-2H3,(H,25,28)/t18-/m0/s1. The zero-order valence-corrected chi connectivity index (χ0v) is 18.9. The number of halogens is 1. The molecule has 31 heavy (non-hydrogen) atoms. The van der Waals surface area contributed by atoms with Gasteiger partial charge in [0.25, 0.3) is 0 Å². The Bertz CT molecular complexity index is 989. The van der Waals surface area contributed by atoms with Crippen molar-refractivity contribution in [1.82, 2.24) is 10.2 Å². The normalized spacial score (nSPS) is 16.0. The molecule has 1 aliphatic rings. The number of hydrogen-bond donors (Lipinski definition) is 1. The summed E-state index contributed by atoms with van der Waals surface area (Å²) in [5.41, 5.74) is 2.43. The molecule has 0 unspecified atom stereocenters. The van der Waals surface area contributed by atoms with Gasteiger partial charge in [-0.2, -0.15) is 0 Å². The number of nitrogens with one attached hydrogen (secondary N) is 1. The lowest BCUT2D eigenvalue weighted by atomic mass is 10.0. The van der Waals surface area contributed by atoms with Gasteiger partial charge in [0.1, 0.15) is 11.9 Å². The first-order valence-electron chi connectivity index (χ1n) is 10.6. The number of anilines is 1. The lowest BCUT2D eigenvalue weighted by Crippen LogP contribution is -2.47. The summed E-state index contributed by atoms with van der Waals surface area (Å²) in [6, 6.07) is 12.1. The maximum absolute atomic E-state index is 13.3. The van der Waals surface area contributed by atoms with Crippen LogP contribution in [0.1, 0.15) is 37.3 Å². The lowest BCUT2D eigenvalue weighted by Gasteiger charge is -2.29. The van der Waals surface area contributed by atoms with E-state index in [1.54, 1.807) is 0 Å². The average Bonchev–Trinajstić information content (AvgIpc) is 2.74. The highest BCUT2D eigenvalue weighted by atomic mass is 32.2. The second kappa shape index (κ2) is 10.2. The Balaban J connectivity index is 1.70. The minimum absolute atomic E-state index is 0.247. The summed E-state index contributed by atoms with van der Waals surface area (Å²) in [5, 5.41) is 2.87. The minimum atomic E-state index is -3.74. The summed E-state index contributed by atoms with van der Waals surface area (Å²) in [6.45, 7) is 4.84. The minimum Gasteiger partial charge on any atom is -0.350 e. The fraction of sp³-hybridized carbons (Fsp3) is 0.435. The van der Waals surface area contributed by atoms with Gasteiger partial charge in [-0.15, -0.1) is 0 Å². The van der Waals surface area contributed by atoms with Gasteiger partial charge in [0.15, 0.2) is 0 Å². The number of carbonyl (C=O) groups excluding carboxylic acids is 1. The van der Waals surface area contributed by atoms with E-state index in [9.17, 15) is 17.6 Å². The van der Waals surface area contributed by atoms with Crippen LogP contribution in [0, 0.1) is 5.82 Å². The van der Waals surface area contributed by atoms with Crippen molar-refractivity contribution >= 4 is 21.6 Å². The molecule has 1 amide bonds. The topological polar surface area (TPSA) is 69.7 Å². The number of rotatable bonds is 8. The van der Waals surface area contributed by atoms with Crippen molar-refractivity contribution < 1.29 is 17.6 Å². The molecule has 1 saturated heterocycles. The molecule has 0 aliphatic carbocycles. The number of nitrogens with zero attached hydrogens (tertiary/aromatic N) is 2. The molecule has 1 atom stereocenters. The second-order valence-electron chi connectivity index (χ2n) is 8.03. The highest BCUT2D eigenvalue weighted by Crippen LogP contribution is 2.21. The summed E-state index contributed by atoms with van der Waals surface area (Å²) in [7, 11) is -3.74. The molecule has 0 aromatic heterocycles. The van der Waals surface area contributed by atoms with Crippen LogP contribution < -0.4 is 9.62 Å². The van der Waals surface area contributed by atoms with Crippen molar-refractivity contribution in [3.8, 4) is 0 Å². The summed E-state index contributed by atoms with van der Waals surface area (Å²) < 4.78 is 39.0. The molecule has 3 rings (SSSR count). The first-order chi connectivity index (χ1) is 14.8. The van der Waals surface area contributed by atoms with Crippen LogP contribution in [0.2, 0.25) is 0 Å². The Kier molecular flexibility index (Phi) is 7.67.